The second kappa shape index (κ2) is 9.34. The monoisotopic (exact) mass is 401 g/mol. The lowest BCUT2D eigenvalue weighted by molar-refractivity contribution is -0.112. The molecule has 2 aromatic rings. The molecular formula is C21H24ClN3O3. The van der Waals surface area contributed by atoms with Crippen LogP contribution in [0.3, 0.4) is 0 Å². The van der Waals surface area contributed by atoms with Gasteiger partial charge in [0, 0.05) is 30.1 Å². The number of ether oxygens (including phenoxy) is 2. The number of hydrogen-bond donors (Lipinski definition) is 1. The normalized spacial score (nSPS) is 11.1. The van der Waals surface area contributed by atoms with E-state index in [4.69, 9.17) is 21.1 Å². The molecule has 6 nitrogen and oxygen atoms in total. The Bertz CT molecular complexity index is 955. The highest BCUT2D eigenvalue weighted by Crippen LogP contribution is 2.36. The molecule has 2 rings (SSSR count). The fourth-order valence-corrected chi connectivity index (χ4v) is 3.19. The summed E-state index contributed by atoms with van der Waals surface area (Å²) in [6.45, 7) is 6.98. The molecule has 0 saturated carbocycles. The van der Waals surface area contributed by atoms with E-state index in [9.17, 15) is 10.1 Å². The summed E-state index contributed by atoms with van der Waals surface area (Å²) in [5.74, 6) is 0.328. The molecule has 0 radical (unpaired) electrons. The first-order valence-electron chi connectivity index (χ1n) is 8.87. The molecule has 28 heavy (non-hydrogen) atoms. The lowest BCUT2D eigenvalue weighted by Gasteiger charge is -2.12. The molecule has 0 fully saturated rings. The number of amides is 1. The molecule has 1 aromatic carbocycles. The Labute approximate surface area is 170 Å². The molecule has 0 unspecified atom stereocenters. The molecule has 148 valence electrons. The van der Waals surface area contributed by atoms with Gasteiger partial charge in [-0.2, -0.15) is 5.26 Å². The number of hydrogen-bond acceptors (Lipinski definition) is 4. The number of nitriles is 1. The van der Waals surface area contributed by atoms with Crippen molar-refractivity contribution in [2.24, 2.45) is 0 Å². The van der Waals surface area contributed by atoms with Gasteiger partial charge in [0.2, 0.25) is 0 Å². The number of anilines is 1. The summed E-state index contributed by atoms with van der Waals surface area (Å²) in [4.78, 5) is 12.6. The number of carbonyl (C=O) groups excluding carboxylic acids is 1. The number of halogens is 1. The Morgan fingerprint density at radius 2 is 1.89 bits per heavy atom. The first-order valence-corrected chi connectivity index (χ1v) is 9.25. The lowest BCUT2D eigenvalue weighted by Crippen LogP contribution is -2.14. The van der Waals surface area contributed by atoms with Gasteiger partial charge in [-0.15, -0.1) is 0 Å². The summed E-state index contributed by atoms with van der Waals surface area (Å²) < 4.78 is 12.6. The van der Waals surface area contributed by atoms with Crippen molar-refractivity contribution < 1.29 is 14.3 Å². The number of aryl methyl sites for hydroxylation is 1. The molecule has 0 aliphatic carbocycles. The van der Waals surface area contributed by atoms with Crippen LogP contribution >= 0.6 is 11.6 Å². The molecule has 0 spiro atoms. The zero-order chi connectivity index (χ0) is 20.8. The first kappa shape index (κ1) is 21.4. The van der Waals surface area contributed by atoms with Crippen LogP contribution in [-0.2, 0) is 11.3 Å². The number of nitrogens with zero attached hydrogens (tertiary/aromatic N) is 2. The molecule has 1 heterocycles. The van der Waals surface area contributed by atoms with Crippen molar-refractivity contribution in [1.82, 2.24) is 4.57 Å². The van der Waals surface area contributed by atoms with Crippen molar-refractivity contribution in [3.63, 3.8) is 0 Å². The quantitative estimate of drug-likeness (QED) is 0.537. The lowest BCUT2D eigenvalue weighted by atomic mass is 10.1. The fraction of sp³-hybridized carbons (Fsp3) is 0.333. The van der Waals surface area contributed by atoms with E-state index in [0.29, 0.717) is 17.2 Å². The van der Waals surface area contributed by atoms with Gasteiger partial charge in [0.25, 0.3) is 5.91 Å². The molecule has 0 atom stereocenters. The highest BCUT2D eigenvalue weighted by atomic mass is 35.5. The van der Waals surface area contributed by atoms with Crippen LogP contribution in [0.25, 0.3) is 6.08 Å². The number of carbonyl (C=O) groups is 1. The molecule has 7 heteroatoms. The van der Waals surface area contributed by atoms with Gasteiger partial charge in [-0.25, -0.2) is 0 Å². The Kier molecular flexibility index (Phi) is 7.13. The maximum absolute atomic E-state index is 12.6. The highest BCUT2D eigenvalue weighted by Gasteiger charge is 2.16. The second-order valence-electron chi connectivity index (χ2n) is 6.29. The average Bonchev–Trinajstić information content (AvgIpc) is 2.94. The van der Waals surface area contributed by atoms with Gasteiger partial charge in [-0.05, 0) is 38.0 Å². The van der Waals surface area contributed by atoms with Crippen LogP contribution in [0.2, 0.25) is 5.02 Å². The predicted molar refractivity (Wildman–Crippen MR) is 111 cm³/mol. The van der Waals surface area contributed by atoms with Crippen LogP contribution < -0.4 is 14.8 Å². The van der Waals surface area contributed by atoms with E-state index in [1.807, 2.05) is 26.0 Å². The largest absolute Gasteiger partial charge is 0.493 e. The molecule has 0 bridgehead atoms. The van der Waals surface area contributed by atoms with Crippen molar-refractivity contribution in [2.45, 2.75) is 33.7 Å². The Morgan fingerprint density at radius 1 is 1.25 bits per heavy atom. The van der Waals surface area contributed by atoms with Crippen molar-refractivity contribution in [2.75, 3.05) is 19.5 Å². The van der Waals surface area contributed by atoms with E-state index in [-0.39, 0.29) is 10.6 Å². The van der Waals surface area contributed by atoms with Gasteiger partial charge >= 0.3 is 0 Å². The fourth-order valence-electron chi connectivity index (χ4n) is 2.99. The predicted octanol–water partition coefficient (Wildman–Crippen LogP) is 4.73. The molecule has 0 aliphatic rings. The smallest absolute Gasteiger partial charge is 0.266 e. The Hall–Kier alpha value is -2.91. The third kappa shape index (κ3) is 4.49. The van der Waals surface area contributed by atoms with Crippen LogP contribution in [0.4, 0.5) is 5.69 Å². The summed E-state index contributed by atoms with van der Waals surface area (Å²) in [6.07, 6.45) is 2.60. The van der Waals surface area contributed by atoms with E-state index in [1.165, 1.54) is 14.2 Å². The second-order valence-corrected chi connectivity index (χ2v) is 6.70. The molecule has 1 aromatic heterocycles. The number of nitrogens with one attached hydrogen (secondary N) is 1. The standard InChI is InChI=1S/C21H24ClN3O3/c1-6-7-25-13(2)8-15(14(25)3)9-16(12-23)21(26)24-18-11-20(28-5)19(27-4)10-17(18)22/h8-11H,6-7H2,1-5H3,(H,24,26)/b16-9+. The van der Waals surface area contributed by atoms with E-state index in [2.05, 4.69) is 16.8 Å². The maximum atomic E-state index is 12.6. The van der Waals surface area contributed by atoms with Gasteiger partial charge in [0.1, 0.15) is 11.6 Å². The minimum absolute atomic E-state index is 0.0115. The summed E-state index contributed by atoms with van der Waals surface area (Å²) >= 11 is 6.22. The van der Waals surface area contributed by atoms with Crippen molar-refractivity contribution in [3.8, 4) is 17.6 Å². The Morgan fingerprint density at radius 3 is 2.46 bits per heavy atom. The van der Waals surface area contributed by atoms with Crippen LogP contribution in [0.1, 0.15) is 30.3 Å². The highest BCUT2D eigenvalue weighted by molar-refractivity contribution is 6.34. The van der Waals surface area contributed by atoms with Crippen molar-refractivity contribution >= 4 is 29.3 Å². The zero-order valence-corrected chi connectivity index (χ0v) is 17.5. The minimum Gasteiger partial charge on any atom is -0.493 e. The van der Waals surface area contributed by atoms with Gasteiger partial charge in [-0.3, -0.25) is 4.79 Å². The maximum Gasteiger partial charge on any atom is 0.266 e. The molecule has 1 amide bonds. The van der Waals surface area contributed by atoms with Crippen LogP contribution in [0.5, 0.6) is 11.5 Å². The van der Waals surface area contributed by atoms with Gasteiger partial charge in [-0.1, -0.05) is 18.5 Å². The molecule has 0 aliphatic heterocycles. The number of methoxy groups -OCH3 is 2. The minimum atomic E-state index is -0.545. The van der Waals surface area contributed by atoms with Gasteiger partial charge < -0.3 is 19.4 Å². The van der Waals surface area contributed by atoms with E-state index in [1.54, 1.807) is 18.2 Å². The van der Waals surface area contributed by atoms with E-state index in [0.717, 1.165) is 29.9 Å². The summed E-state index contributed by atoms with van der Waals surface area (Å²) in [5, 5.41) is 12.4. The number of aromatic nitrogens is 1. The number of rotatable bonds is 7. The SMILES string of the molecule is CCCn1c(C)cc(/C=C(\C#N)C(=O)Nc2cc(OC)c(OC)cc2Cl)c1C. The van der Waals surface area contributed by atoms with Crippen LogP contribution in [0.15, 0.2) is 23.8 Å². The third-order valence-corrected chi connectivity index (χ3v) is 4.76. The van der Waals surface area contributed by atoms with Crippen molar-refractivity contribution in [1.29, 1.82) is 5.26 Å². The topological polar surface area (TPSA) is 76.3 Å². The third-order valence-electron chi connectivity index (χ3n) is 4.45. The number of benzene rings is 1. The van der Waals surface area contributed by atoms with Crippen molar-refractivity contribution in [3.05, 3.63) is 45.7 Å². The molecule has 1 N–H and O–H groups in total. The average molecular weight is 402 g/mol. The molecular weight excluding hydrogens is 378 g/mol. The van der Waals surface area contributed by atoms with E-state index < -0.39 is 5.91 Å². The first-order chi connectivity index (χ1) is 13.4. The zero-order valence-electron chi connectivity index (χ0n) is 16.7. The van der Waals surface area contributed by atoms with Gasteiger partial charge in [0.15, 0.2) is 11.5 Å². The Balaban J connectivity index is 2.34. The molecule has 0 saturated heterocycles. The van der Waals surface area contributed by atoms with Crippen LogP contribution in [-0.4, -0.2) is 24.7 Å². The summed E-state index contributed by atoms with van der Waals surface area (Å²) in [7, 11) is 2.99. The van der Waals surface area contributed by atoms with Crippen LogP contribution in [0, 0.1) is 25.2 Å². The van der Waals surface area contributed by atoms with Gasteiger partial charge in [0.05, 0.1) is 24.9 Å². The summed E-state index contributed by atoms with van der Waals surface area (Å²) in [6, 6.07) is 7.04. The summed E-state index contributed by atoms with van der Waals surface area (Å²) in [5.41, 5.74) is 3.27. The van der Waals surface area contributed by atoms with E-state index >= 15 is 0 Å².